The number of hydrogen-bond acceptors (Lipinski definition) is 2. The van der Waals surface area contributed by atoms with Gasteiger partial charge in [-0.3, -0.25) is 4.79 Å². The van der Waals surface area contributed by atoms with Crippen molar-refractivity contribution < 1.29 is 13.9 Å². The quantitative estimate of drug-likeness (QED) is 0.797. The van der Waals surface area contributed by atoms with Gasteiger partial charge >= 0.3 is 0 Å². The number of hydrogen-bond donors (Lipinski definition) is 1. The predicted molar refractivity (Wildman–Crippen MR) is 59.6 cm³/mol. The van der Waals surface area contributed by atoms with E-state index in [1.165, 1.54) is 6.07 Å². The average molecular weight is 225 g/mol. The molecule has 4 heteroatoms. The largest absolute Gasteiger partial charge is 0.384 e. The fourth-order valence-electron chi connectivity index (χ4n) is 1.32. The van der Waals surface area contributed by atoms with Crippen LogP contribution in [0.1, 0.15) is 12.0 Å². The maximum atomic E-state index is 13.2. The fourth-order valence-corrected chi connectivity index (χ4v) is 1.32. The zero-order valence-electron chi connectivity index (χ0n) is 9.33. The molecule has 1 aromatic carbocycles. The molecule has 0 saturated heterocycles. The summed E-state index contributed by atoms with van der Waals surface area (Å²) in [6, 6.07) is 6.57. The fraction of sp³-hybridized carbons (Fsp3) is 0.417. The molecule has 3 nitrogen and oxygen atoms in total. The van der Waals surface area contributed by atoms with Crippen molar-refractivity contribution in [1.29, 1.82) is 0 Å². The Morgan fingerprint density at radius 1 is 1.44 bits per heavy atom. The molecule has 0 saturated carbocycles. The Bertz CT molecular complexity index is 342. The van der Waals surface area contributed by atoms with Crippen LogP contribution in [0.2, 0.25) is 0 Å². The topological polar surface area (TPSA) is 38.3 Å². The summed E-state index contributed by atoms with van der Waals surface area (Å²) in [5.41, 5.74) is 0.620. The molecule has 1 amide bonds. The second-order valence-corrected chi connectivity index (χ2v) is 3.43. The van der Waals surface area contributed by atoms with Crippen LogP contribution >= 0.6 is 0 Å². The molecule has 1 N–H and O–H groups in total. The molecular formula is C12H16FNO2. The molecule has 0 aromatic heterocycles. The lowest BCUT2D eigenvalue weighted by Crippen LogP contribution is -2.26. The van der Waals surface area contributed by atoms with Gasteiger partial charge in [0.2, 0.25) is 5.91 Å². The first kappa shape index (κ1) is 12.6. The summed E-state index contributed by atoms with van der Waals surface area (Å²) in [7, 11) is 1.55. The molecule has 0 aliphatic rings. The number of carbonyl (C=O) groups excluding carboxylic acids is 1. The lowest BCUT2D eigenvalue weighted by Gasteiger charge is -2.05. The number of rotatable bonds is 6. The van der Waals surface area contributed by atoms with E-state index in [-0.39, 0.29) is 11.7 Å². The van der Waals surface area contributed by atoms with Gasteiger partial charge in [-0.15, -0.1) is 0 Å². The molecule has 0 bridgehead atoms. The van der Waals surface area contributed by atoms with E-state index >= 15 is 0 Å². The number of ether oxygens (including phenoxy) is 1. The molecule has 1 rings (SSSR count). The van der Waals surface area contributed by atoms with Crippen LogP contribution in [-0.2, 0) is 16.0 Å². The molecule has 0 heterocycles. The lowest BCUT2D eigenvalue weighted by atomic mass is 10.1. The molecule has 0 spiro atoms. The summed E-state index contributed by atoms with van der Waals surface area (Å²) < 4.78 is 18.0. The Balaban J connectivity index is 2.25. The Morgan fingerprint density at radius 3 is 2.88 bits per heavy atom. The van der Waals surface area contributed by atoms with E-state index in [0.717, 1.165) is 0 Å². The summed E-state index contributed by atoms with van der Waals surface area (Å²) in [6.07, 6.45) is 0.846. The Labute approximate surface area is 94.6 Å². The van der Waals surface area contributed by atoms with Crippen molar-refractivity contribution in [2.24, 2.45) is 0 Å². The van der Waals surface area contributed by atoms with Crippen LogP contribution in [-0.4, -0.2) is 26.2 Å². The van der Waals surface area contributed by atoms with E-state index in [0.29, 0.717) is 31.6 Å². The van der Waals surface area contributed by atoms with Gasteiger partial charge in [0.1, 0.15) is 5.82 Å². The smallest absolute Gasteiger partial charge is 0.222 e. The van der Waals surface area contributed by atoms with Crippen molar-refractivity contribution in [1.82, 2.24) is 5.32 Å². The highest BCUT2D eigenvalue weighted by Crippen LogP contribution is 2.06. The van der Waals surface area contributed by atoms with Crippen molar-refractivity contribution >= 4 is 5.91 Å². The highest BCUT2D eigenvalue weighted by molar-refractivity contribution is 5.75. The van der Waals surface area contributed by atoms with Crippen molar-refractivity contribution in [2.45, 2.75) is 12.8 Å². The van der Waals surface area contributed by atoms with Crippen LogP contribution in [0, 0.1) is 5.82 Å². The monoisotopic (exact) mass is 225 g/mol. The highest BCUT2D eigenvalue weighted by Gasteiger charge is 2.02. The van der Waals surface area contributed by atoms with Crippen LogP contribution in [0.3, 0.4) is 0 Å². The van der Waals surface area contributed by atoms with E-state index in [2.05, 4.69) is 5.32 Å². The van der Waals surface area contributed by atoms with Crippen LogP contribution in [0.25, 0.3) is 0 Å². The van der Waals surface area contributed by atoms with Gasteiger partial charge in [0.05, 0.1) is 6.61 Å². The molecular weight excluding hydrogens is 209 g/mol. The maximum Gasteiger partial charge on any atom is 0.222 e. The predicted octanol–water partition coefficient (Wildman–Crippen LogP) is 1.52. The van der Waals surface area contributed by atoms with Gasteiger partial charge in [0, 0.05) is 20.1 Å². The van der Waals surface area contributed by atoms with Crippen LogP contribution in [0.15, 0.2) is 24.3 Å². The Hall–Kier alpha value is -1.42. The first-order chi connectivity index (χ1) is 7.74. The van der Waals surface area contributed by atoms with E-state index in [1.54, 1.807) is 25.3 Å². The highest BCUT2D eigenvalue weighted by atomic mass is 19.1. The van der Waals surface area contributed by atoms with E-state index in [1.807, 2.05) is 0 Å². The number of halogens is 1. The van der Waals surface area contributed by atoms with Gasteiger partial charge < -0.3 is 10.1 Å². The second kappa shape index (κ2) is 6.95. The van der Waals surface area contributed by atoms with E-state index < -0.39 is 0 Å². The van der Waals surface area contributed by atoms with Crippen LogP contribution in [0.4, 0.5) is 4.39 Å². The van der Waals surface area contributed by atoms with Crippen LogP contribution < -0.4 is 5.32 Å². The molecule has 0 aliphatic heterocycles. The summed E-state index contributed by atoms with van der Waals surface area (Å²) in [6.45, 7) is 0.856. The van der Waals surface area contributed by atoms with Gasteiger partial charge in [-0.25, -0.2) is 4.39 Å². The minimum atomic E-state index is -0.228. The normalized spacial score (nSPS) is 10.1. The number of carbonyl (C=O) groups is 1. The first-order valence-corrected chi connectivity index (χ1v) is 5.23. The number of methoxy groups -OCH3 is 1. The van der Waals surface area contributed by atoms with E-state index in [4.69, 9.17) is 4.74 Å². The zero-order chi connectivity index (χ0) is 11.8. The number of benzene rings is 1. The van der Waals surface area contributed by atoms with Crippen LogP contribution in [0.5, 0.6) is 0 Å². The van der Waals surface area contributed by atoms with Gasteiger partial charge in [0.15, 0.2) is 0 Å². The van der Waals surface area contributed by atoms with Gasteiger partial charge in [-0.2, -0.15) is 0 Å². The first-order valence-electron chi connectivity index (χ1n) is 5.23. The van der Waals surface area contributed by atoms with Crippen molar-refractivity contribution in [3.63, 3.8) is 0 Å². The van der Waals surface area contributed by atoms with Gasteiger partial charge in [-0.05, 0) is 18.1 Å². The van der Waals surface area contributed by atoms with E-state index in [9.17, 15) is 9.18 Å². The maximum absolute atomic E-state index is 13.2. The van der Waals surface area contributed by atoms with Crippen molar-refractivity contribution in [3.8, 4) is 0 Å². The number of nitrogens with one attached hydrogen (secondary N) is 1. The third kappa shape index (κ3) is 4.40. The molecule has 1 aromatic rings. The second-order valence-electron chi connectivity index (χ2n) is 3.43. The third-order valence-corrected chi connectivity index (χ3v) is 2.21. The summed E-state index contributed by atoms with van der Waals surface area (Å²) in [5, 5.41) is 2.71. The standard InChI is InChI=1S/C12H16FNO2/c1-16-9-7-12(15)14-8-6-10-4-2-3-5-11(10)13/h2-5H,6-9H2,1H3,(H,14,15). The lowest BCUT2D eigenvalue weighted by molar-refractivity contribution is -0.121. The molecule has 0 radical (unpaired) electrons. The summed E-state index contributed by atoms with van der Waals surface area (Å²) in [4.78, 5) is 11.2. The molecule has 88 valence electrons. The minimum Gasteiger partial charge on any atom is -0.384 e. The SMILES string of the molecule is COCCC(=O)NCCc1ccccc1F. The molecule has 0 fully saturated rings. The Morgan fingerprint density at radius 2 is 2.19 bits per heavy atom. The van der Waals surface area contributed by atoms with Crippen molar-refractivity contribution in [3.05, 3.63) is 35.6 Å². The minimum absolute atomic E-state index is 0.0711. The molecule has 0 atom stereocenters. The molecule has 16 heavy (non-hydrogen) atoms. The third-order valence-electron chi connectivity index (χ3n) is 2.21. The van der Waals surface area contributed by atoms with Crippen molar-refractivity contribution in [2.75, 3.05) is 20.3 Å². The molecule has 0 unspecified atom stereocenters. The Kier molecular flexibility index (Phi) is 5.50. The van der Waals surface area contributed by atoms with Gasteiger partial charge in [-0.1, -0.05) is 18.2 Å². The number of amides is 1. The average Bonchev–Trinajstić information content (AvgIpc) is 2.29. The summed E-state index contributed by atoms with van der Waals surface area (Å²) >= 11 is 0. The zero-order valence-corrected chi connectivity index (χ0v) is 9.33. The molecule has 0 aliphatic carbocycles. The summed E-state index contributed by atoms with van der Waals surface area (Å²) in [5.74, 6) is -0.299. The van der Waals surface area contributed by atoms with Gasteiger partial charge in [0.25, 0.3) is 0 Å².